The molecule has 1 saturated carbocycles. The lowest BCUT2D eigenvalue weighted by Gasteiger charge is -2.34. The number of amides is 2. The summed E-state index contributed by atoms with van der Waals surface area (Å²) in [6.07, 6.45) is 4.13. The van der Waals surface area contributed by atoms with Gasteiger partial charge in [-0.15, -0.1) is 0 Å². The molecule has 0 bridgehead atoms. The molecule has 1 aromatic heterocycles. The summed E-state index contributed by atoms with van der Waals surface area (Å²) in [7, 11) is 0. The van der Waals surface area contributed by atoms with E-state index in [9.17, 15) is 14.0 Å². The lowest BCUT2D eigenvalue weighted by molar-refractivity contribution is -0.113. The summed E-state index contributed by atoms with van der Waals surface area (Å²) in [5, 5.41) is 3.08. The van der Waals surface area contributed by atoms with E-state index in [1.165, 1.54) is 48.3 Å². The summed E-state index contributed by atoms with van der Waals surface area (Å²) in [5.74, 6) is -2.54. The Bertz CT molecular complexity index is 1190. The maximum absolute atomic E-state index is 15.1. The summed E-state index contributed by atoms with van der Waals surface area (Å²) in [4.78, 5) is 32.1. The van der Waals surface area contributed by atoms with Gasteiger partial charge in [-0.25, -0.2) is 18.8 Å². The van der Waals surface area contributed by atoms with Crippen molar-refractivity contribution in [2.75, 3.05) is 12.0 Å². The highest BCUT2D eigenvalue weighted by molar-refractivity contribution is 8.15. The molecule has 172 valence electrons. The van der Waals surface area contributed by atoms with Crippen LogP contribution >= 0.6 is 23.4 Å². The first-order valence-electron chi connectivity index (χ1n) is 9.95. The number of benzene rings is 1. The quantitative estimate of drug-likeness (QED) is 0.534. The molecule has 2 aromatic rings. The van der Waals surface area contributed by atoms with Crippen molar-refractivity contribution in [3.8, 4) is 0 Å². The van der Waals surface area contributed by atoms with Gasteiger partial charge in [0.05, 0.1) is 9.77 Å². The summed E-state index contributed by atoms with van der Waals surface area (Å²) in [6.45, 7) is 0.833. The molecular weight excluding hydrogens is 472 g/mol. The molecule has 0 unspecified atom stereocenters. The van der Waals surface area contributed by atoms with E-state index in [1.807, 2.05) is 6.92 Å². The highest BCUT2D eigenvalue weighted by atomic mass is 35.5. The highest BCUT2D eigenvalue weighted by Crippen LogP contribution is 2.70. The first-order chi connectivity index (χ1) is 15.6. The molecule has 0 spiro atoms. The van der Waals surface area contributed by atoms with Gasteiger partial charge < -0.3 is 16.8 Å². The van der Waals surface area contributed by atoms with Crippen molar-refractivity contribution in [1.82, 2.24) is 4.98 Å². The maximum Gasteiger partial charge on any atom is 0.274 e. The minimum atomic E-state index is -1.62. The van der Waals surface area contributed by atoms with Crippen LogP contribution in [-0.2, 0) is 10.3 Å². The number of halogens is 3. The minimum absolute atomic E-state index is 0.0404. The summed E-state index contributed by atoms with van der Waals surface area (Å²) in [5.41, 5.74) is 9.95. The Balaban J connectivity index is 1.72. The van der Waals surface area contributed by atoms with Crippen molar-refractivity contribution in [3.63, 3.8) is 0 Å². The molecule has 2 amide bonds. The fourth-order valence-electron chi connectivity index (χ4n) is 4.52. The zero-order valence-corrected chi connectivity index (χ0v) is 19.0. The Labute approximate surface area is 197 Å². The van der Waals surface area contributed by atoms with Gasteiger partial charge in [-0.3, -0.25) is 9.59 Å². The number of primary amides is 1. The maximum atomic E-state index is 15.1. The number of nitrogens with zero attached hydrogens (tertiary/aromatic N) is 2. The monoisotopic (exact) mass is 491 g/mol. The molecule has 1 aliphatic carbocycles. The smallest absolute Gasteiger partial charge is 0.274 e. The van der Waals surface area contributed by atoms with Gasteiger partial charge >= 0.3 is 0 Å². The molecule has 11 heteroatoms. The number of nitrogens with two attached hydrogens (primary N) is 2. The number of pyridine rings is 1. The number of carbonyl (C=O) groups is 2. The van der Waals surface area contributed by atoms with E-state index in [0.717, 1.165) is 6.07 Å². The average molecular weight is 492 g/mol. The third-order valence-corrected chi connectivity index (χ3v) is 7.70. The van der Waals surface area contributed by atoms with Crippen LogP contribution in [-0.4, -0.2) is 33.4 Å². The first-order valence-corrected chi connectivity index (χ1v) is 11.1. The number of fused-ring (bicyclic) bond motifs is 1. The van der Waals surface area contributed by atoms with Crippen molar-refractivity contribution >= 4 is 46.0 Å². The molecule has 7 nitrogen and oxygen atoms in total. The number of nitrogens with one attached hydrogen (secondary N) is 1. The minimum Gasteiger partial charge on any atom is -0.378 e. The molecule has 2 aliphatic rings. The van der Waals surface area contributed by atoms with Crippen molar-refractivity contribution in [1.29, 1.82) is 0 Å². The van der Waals surface area contributed by atoms with Crippen molar-refractivity contribution < 1.29 is 18.4 Å². The number of alkyl halides is 1. The van der Waals surface area contributed by atoms with Crippen molar-refractivity contribution in [2.45, 2.75) is 17.2 Å². The van der Waals surface area contributed by atoms with E-state index < -0.39 is 40.5 Å². The van der Waals surface area contributed by atoms with E-state index >= 15 is 4.39 Å². The Hall–Kier alpha value is -2.98. The van der Waals surface area contributed by atoms with Crippen LogP contribution in [0.3, 0.4) is 0 Å². The number of carbonyl (C=O) groups excluding carboxylic acids is 2. The standard InChI is InChI=1S/C22H20ClF2N5O2S/c1-11-18-21(10-24,30-20(27)33-22(11,18)7-6-17(26)31)14-8-13(3-4-15(14)25)29-19(32)16-5-2-12(23)9-28-16/h2-9,11,18H,10H2,1H3,(H2,26,31)(H2,27,30)(H,29,32)/b7-6+/t11-,18-,21+,22-/m0/s1. The number of thioether (sulfide) groups is 1. The molecule has 4 rings (SSSR count). The number of hydrogen-bond donors (Lipinski definition) is 3. The first kappa shape index (κ1) is 23.2. The van der Waals surface area contributed by atoms with E-state index in [4.69, 9.17) is 23.1 Å². The average Bonchev–Trinajstić information content (AvgIpc) is 3.37. The van der Waals surface area contributed by atoms with E-state index in [0.29, 0.717) is 5.02 Å². The fourth-order valence-corrected chi connectivity index (χ4v) is 6.12. The Morgan fingerprint density at radius 2 is 2.09 bits per heavy atom. The molecule has 1 fully saturated rings. The Kier molecular flexibility index (Phi) is 5.92. The normalized spacial score (nSPS) is 28.2. The van der Waals surface area contributed by atoms with Gasteiger partial charge in [0.2, 0.25) is 5.91 Å². The Morgan fingerprint density at radius 1 is 1.33 bits per heavy atom. The Morgan fingerprint density at radius 3 is 2.73 bits per heavy atom. The zero-order valence-electron chi connectivity index (χ0n) is 17.4. The highest BCUT2D eigenvalue weighted by Gasteiger charge is 2.72. The molecule has 1 aliphatic heterocycles. The summed E-state index contributed by atoms with van der Waals surface area (Å²) in [6, 6.07) is 6.81. The molecule has 0 radical (unpaired) electrons. The molecular formula is C22H20ClF2N5O2S. The van der Waals surface area contributed by atoms with Crippen LogP contribution in [0.5, 0.6) is 0 Å². The predicted molar refractivity (Wildman–Crippen MR) is 124 cm³/mol. The molecule has 0 saturated heterocycles. The lowest BCUT2D eigenvalue weighted by Crippen LogP contribution is -2.39. The third kappa shape index (κ3) is 3.97. The molecule has 5 N–H and O–H groups in total. The van der Waals surface area contributed by atoms with Crippen molar-refractivity contribution in [3.05, 3.63) is 70.8 Å². The van der Waals surface area contributed by atoms with Crippen LogP contribution in [0.1, 0.15) is 23.0 Å². The largest absolute Gasteiger partial charge is 0.378 e. The van der Waals surface area contributed by atoms with Crippen LogP contribution in [0.4, 0.5) is 14.5 Å². The number of aliphatic imine (C=N–C) groups is 1. The predicted octanol–water partition coefficient (Wildman–Crippen LogP) is 3.40. The van der Waals surface area contributed by atoms with E-state index in [2.05, 4.69) is 15.3 Å². The molecule has 4 atom stereocenters. The fraction of sp³-hybridized carbons (Fsp3) is 0.273. The van der Waals surface area contributed by atoms with Crippen molar-refractivity contribution in [2.24, 2.45) is 28.3 Å². The topological polar surface area (TPSA) is 123 Å². The number of amidine groups is 1. The van der Waals surface area contributed by atoms with Gasteiger partial charge in [-0.1, -0.05) is 36.4 Å². The second-order valence-corrected chi connectivity index (χ2v) is 9.74. The number of rotatable bonds is 6. The van der Waals surface area contributed by atoms with Gasteiger partial charge in [0, 0.05) is 29.4 Å². The summed E-state index contributed by atoms with van der Waals surface area (Å²) < 4.78 is 29.0. The number of hydrogen-bond acceptors (Lipinski definition) is 6. The summed E-state index contributed by atoms with van der Waals surface area (Å²) >= 11 is 7.00. The second kappa shape index (κ2) is 8.42. The van der Waals surface area contributed by atoms with Gasteiger partial charge in [0.15, 0.2) is 5.17 Å². The molecule has 1 aromatic carbocycles. The van der Waals surface area contributed by atoms with Crippen LogP contribution in [0, 0.1) is 17.7 Å². The number of aromatic nitrogens is 1. The molecule has 2 heterocycles. The van der Waals surface area contributed by atoms with Gasteiger partial charge in [0.1, 0.15) is 23.7 Å². The van der Waals surface area contributed by atoms with Crippen LogP contribution in [0.15, 0.2) is 53.7 Å². The van der Waals surface area contributed by atoms with E-state index in [1.54, 1.807) is 6.08 Å². The second-order valence-electron chi connectivity index (χ2n) is 7.98. The van der Waals surface area contributed by atoms with E-state index in [-0.39, 0.29) is 28.0 Å². The lowest BCUT2D eigenvalue weighted by atomic mass is 9.84. The van der Waals surface area contributed by atoms with Crippen LogP contribution < -0.4 is 16.8 Å². The number of anilines is 1. The van der Waals surface area contributed by atoms with Crippen LogP contribution in [0.2, 0.25) is 5.02 Å². The third-order valence-electron chi connectivity index (χ3n) is 6.06. The van der Waals surface area contributed by atoms with Gasteiger partial charge in [-0.2, -0.15) is 0 Å². The van der Waals surface area contributed by atoms with Crippen LogP contribution in [0.25, 0.3) is 0 Å². The molecule has 33 heavy (non-hydrogen) atoms. The zero-order chi connectivity index (χ0) is 24.0. The van der Waals surface area contributed by atoms with Gasteiger partial charge in [0.25, 0.3) is 5.91 Å². The SMILES string of the molecule is C[C@H]1[C@@H]2[C@@]1(/C=C/C(N)=O)SC(N)=N[C@]2(CF)c1cc(NC(=O)c2ccc(Cl)cn2)ccc1F. The van der Waals surface area contributed by atoms with Gasteiger partial charge in [-0.05, 0) is 36.2 Å².